The van der Waals surface area contributed by atoms with Gasteiger partial charge in [0.1, 0.15) is 6.33 Å². The molecule has 0 saturated heterocycles. The topological polar surface area (TPSA) is 55.7 Å². The smallest absolute Gasteiger partial charge is 0.168 e. The molecule has 3 rings (SSSR count). The minimum Gasteiger partial charge on any atom is -0.294 e. The van der Waals surface area contributed by atoms with Crippen LogP contribution in [0.1, 0.15) is 16.1 Å². The third-order valence-electron chi connectivity index (χ3n) is 2.91. The molecule has 1 aromatic carbocycles. The molecular formula is C15H11N3O. The Bertz CT molecular complexity index is 720. The van der Waals surface area contributed by atoms with E-state index in [2.05, 4.69) is 15.0 Å². The minimum absolute atomic E-state index is 0.0458. The van der Waals surface area contributed by atoms with Gasteiger partial charge in [-0.05, 0) is 12.1 Å². The molecule has 0 N–H and O–H groups in total. The highest BCUT2D eigenvalue weighted by Gasteiger charge is 2.10. The number of hydrogen-bond donors (Lipinski definition) is 0. The van der Waals surface area contributed by atoms with E-state index in [1.54, 1.807) is 6.20 Å². The summed E-state index contributed by atoms with van der Waals surface area (Å²) in [6.45, 7) is 0. The second-order valence-electron chi connectivity index (χ2n) is 4.16. The van der Waals surface area contributed by atoms with Gasteiger partial charge in [0.25, 0.3) is 0 Å². The normalized spacial score (nSPS) is 10.5. The molecule has 0 saturated carbocycles. The summed E-state index contributed by atoms with van der Waals surface area (Å²) in [7, 11) is 0. The van der Waals surface area contributed by atoms with E-state index in [1.807, 2.05) is 42.5 Å². The van der Waals surface area contributed by atoms with Crippen molar-refractivity contribution in [3.05, 3.63) is 66.2 Å². The lowest BCUT2D eigenvalue weighted by Gasteiger charge is -2.03. The maximum absolute atomic E-state index is 12.2. The van der Waals surface area contributed by atoms with Gasteiger partial charge in [0, 0.05) is 17.1 Å². The molecule has 19 heavy (non-hydrogen) atoms. The van der Waals surface area contributed by atoms with Gasteiger partial charge in [-0.3, -0.25) is 4.79 Å². The van der Waals surface area contributed by atoms with Crippen molar-refractivity contribution in [2.75, 3.05) is 0 Å². The zero-order chi connectivity index (χ0) is 13.1. The summed E-state index contributed by atoms with van der Waals surface area (Å²) >= 11 is 0. The molecule has 0 bridgehead atoms. The summed E-state index contributed by atoms with van der Waals surface area (Å²) in [6.07, 6.45) is 3.38. The lowest BCUT2D eigenvalue weighted by molar-refractivity contribution is 0.0992. The molecule has 2 aromatic heterocycles. The fourth-order valence-electron chi connectivity index (χ4n) is 1.97. The Morgan fingerprint density at radius 2 is 1.79 bits per heavy atom. The molecular weight excluding hydrogens is 238 g/mol. The van der Waals surface area contributed by atoms with E-state index in [1.165, 1.54) is 6.33 Å². The molecule has 0 radical (unpaired) electrons. The van der Waals surface area contributed by atoms with Crippen LogP contribution in [0, 0.1) is 0 Å². The monoisotopic (exact) mass is 249 g/mol. The van der Waals surface area contributed by atoms with Crippen LogP contribution in [-0.4, -0.2) is 20.7 Å². The minimum atomic E-state index is 0.0458. The lowest BCUT2D eigenvalue weighted by Crippen LogP contribution is -2.06. The van der Waals surface area contributed by atoms with Crippen LogP contribution >= 0.6 is 0 Å². The predicted octanol–water partition coefficient (Wildman–Crippen LogP) is 2.45. The number of rotatable bonds is 3. The molecule has 3 aromatic rings. The van der Waals surface area contributed by atoms with E-state index in [0.29, 0.717) is 16.9 Å². The van der Waals surface area contributed by atoms with Crippen molar-refractivity contribution in [3.8, 4) is 0 Å². The Morgan fingerprint density at radius 1 is 0.947 bits per heavy atom. The number of fused-ring (bicyclic) bond motifs is 1. The maximum atomic E-state index is 12.2. The highest BCUT2D eigenvalue weighted by molar-refractivity contribution is 5.98. The van der Waals surface area contributed by atoms with Gasteiger partial charge in [0.15, 0.2) is 11.4 Å². The van der Waals surface area contributed by atoms with Gasteiger partial charge in [-0.25, -0.2) is 15.0 Å². The summed E-state index contributed by atoms with van der Waals surface area (Å²) in [6, 6.07) is 12.9. The molecule has 0 spiro atoms. The highest BCUT2D eigenvalue weighted by Crippen LogP contribution is 2.14. The first-order valence-electron chi connectivity index (χ1n) is 5.97. The standard InChI is InChI=1S/C15H11N3O/c19-14(11-5-2-1-3-6-11)9-13-12-7-4-8-16-15(12)18-10-17-13/h1-8,10H,9H2. The van der Waals surface area contributed by atoms with Crippen molar-refractivity contribution in [2.45, 2.75) is 6.42 Å². The van der Waals surface area contributed by atoms with Crippen molar-refractivity contribution in [2.24, 2.45) is 0 Å². The first-order valence-corrected chi connectivity index (χ1v) is 5.97. The summed E-state index contributed by atoms with van der Waals surface area (Å²) in [5.74, 6) is 0.0458. The molecule has 0 fully saturated rings. The average molecular weight is 249 g/mol. The van der Waals surface area contributed by atoms with Crippen molar-refractivity contribution < 1.29 is 4.79 Å². The van der Waals surface area contributed by atoms with Crippen LogP contribution in [-0.2, 0) is 6.42 Å². The van der Waals surface area contributed by atoms with Crippen molar-refractivity contribution >= 4 is 16.8 Å². The predicted molar refractivity (Wildman–Crippen MR) is 71.8 cm³/mol. The first-order chi connectivity index (χ1) is 9.34. The van der Waals surface area contributed by atoms with E-state index in [-0.39, 0.29) is 12.2 Å². The van der Waals surface area contributed by atoms with Crippen LogP contribution in [0.15, 0.2) is 55.0 Å². The second kappa shape index (κ2) is 4.94. The van der Waals surface area contributed by atoms with Gasteiger partial charge in [-0.15, -0.1) is 0 Å². The number of hydrogen-bond acceptors (Lipinski definition) is 4. The third-order valence-corrected chi connectivity index (χ3v) is 2.91. The van der Waals surface area contributed by atoms with Crippen LogP contribution in [0.4, 0.5) is 0 Å². The quantitative estimate of drug-likeness (QED) is 0.669. The molecule has 0 unspecified atom stereocenters. The molecule has 4 nitrogen and oxygen atoms in total. The van der Waals surface area contributed by atoms with Crippen LogP contribution in [0.2, 0.25) is 0 Å². The summed E-state index contributed by atoms with van der Waals surface area (Å²) in [5.41, 5.74) is 2.03. The van der Waals surface area contributed by atoms with Gasteiger partial charge in [0.05, 0.1) is 12.1 Å². The van der Waals surface area contributed by atoms with Crippen LogP contribution in [0.3, 0.4) is 0 Å². The van der Waals surface area contributed by atoms with Crippen molar-refractivity contribution in [1.29, 1.82) is 0 Å². The zero-order valence-electron chi connectivity index (χ0n) is 10.2. The second-order valence-corrected chi connectivity index (χ2v) is 4.16. The Kier molecular flexibility index (Phi) is 2.98. The number of Topliss-reactive ketones (excluding diaryl/α,β-unsaturated/α-hetero) is 1. The van der Waals surface area contributed by atoms with Crippen LogP contribution < -0.4 is 0 Å². The summed E-state index contributed by atoms with van der Waals surface area (Å²) < 4.78 is 0. The average Bonchev–Trinajstić information content (AvgIpc) is 2.48. The highest BCUT2D eigenvalue weighted by atomic mass is 16.1. The van der Waals surface area contributed by atoms with E-state index in [4.69, 9.17) is 0 Å². The molecule has 0 atom stereocenters. The Hall–Kier alpha value is -2.62. The number of aromatic nitrogens is 3. The van der Waals surface area contributed by atoms with E-state index in [0.717, 1.165) is 5.39 Å². The molecule has 4 heteroatoms. The van der Waals surface area contributed by atoms with E-state index in [9.17, 15) is 4.79 Å². The fourth-order valence-corrected chi connectivity index (χ4v) is 1.97. The van der Waals surface area contributed by atoms with Crippen LogP contribution in [0.5, 0.6) is 0 Å². The zero-order valence-corrected chi connectivity index (χ0v) is 10.2. The number of benzene rings is 1. The molecule has 0 aliphatic heterocycles. The largest absolute Gasteiger partial charge is 0.294 e. The molecule has 0 amide bonds. The number of carbonyl (C=O) groups excluding carboxylic acids is 1. The Balaban J connectivity index is 1.96. The van der Waals surface area contributed by atoms with Crippen molar-refractivity contribution in [3.63, 3.8) is 0 Å². The van der Waals surface area contributed by atoms with Crippen LogP contribution in [0.25, 0.3) is 11.0 Å². The molecule has 0 aliphatic carbocycles. The van der Waals surface area contributed by atoms with Gasteiger partial charge >= 0.3 is 0 Å². The number of ketones is 1. The summed E-state index contributed by atoms with van der Waals surface area (Å²) in [5, 5.41) is 0.828. The maximum Gasteiger partial charge on any atom is 0.168 e. The van der Waals surface area contributed by atoms with Gasteiger partial charge in [-0.1, -0.05) is 30.3 Å². The number of carbonyl (C=O) groups is 1. The molecule has 2 heterocycles. The van der Waals surface area contributed by atoms with Gasteiger partial charge in [-0.2, -0.15) is 0 Å². The number of nitrogens with zero attached hydrogens (tertiary/aromatic N) is 3. The fraction of sp³-hybridized carbons (Fsp3) is 0.0667. The third kappa shape index (κ3) is 2.33. The first kappa shape index (κ1) is 11.5. The van der Waals surface area contributed by atoms with Crippen molar-refractivity contribution in [1.82, 2.24) is 15.0 Å². The van der Waals surface area contributed by atoms with Gasteiger partial charge < -0.3 is 0 Å². The SMILES string of the molecule is O=C(Cc1ncnc2ncccc12)c1ccccc1. The Morgan fingerprint density at radius 3 is 2.63 bits per heavy atom. The lowest BCUT2D eigenvalue weighted by atomic mass is 10.0. The number of pyridine rings is 1. The van der Waals surface area contributed by atoms with E-state index >= 15 is 0 Å². The molecule has 92 valence electrons. The van der Waals surface area contributed by atoms with Gasteiger partial charge in [0.2, 0.25) is 0 Å². The van der Waals surface area contributed by atoms with E-state index < -0.39 is 0 Å². The summed E-state index contributed by atoms with van der Waals surface area (Å²) in [4.78, 5) is 24.6. The molecule has 0 aliphatic rings. The Labute approximate surface area is 110 Å².